The van der Waals surface area contributed by atoms with Crippen LogP contribution in [0.3, 0.4) is 0 Å². The zero-order valence-corrected chi connectivity index (χ0v) is 13.5. The number of nitrogens with one attached hydrogen (secondary N) is 1. The van der Waals surface area contributed by atoms with E-state index in [1.165, 1.54) is 0 Å². The van der Waals surface area contributed by atoms with Crippen LogP contribution in [0.5, 0.6) is 0 Å². The van der Waals surface area contributed by atoms with Gasteiger partial charge in [0.05, 0.1) is 6.10 Å². The lowest BCUT2D eigenvalue weighted by molar-refractivity contribution is 0.167. The Labute approximate surface area is 133 Å². The Morgan fingerprint density at radius 2 is 1.96 bits per heavy atom. The van der Waals surface area contributed by atoms with E-state index in [0.717, 1.165) is 12.1 Å². The molecule has 0 amide bonds. The Morgan fingerprint density at radius 3 is 2.52 bits per heavy atom. The predicted octanol–water partition coefficient (Wildman–Crippen LogP) is 2.58. The average molecular weight is 345 g/mol. The minimum atomic E-state index is -4.12. The Kier molecular flexibility index (Phi) is 5.18. The van der Waals surface area contributed by atoms with Crippen LogP contribution >= 0.6 is 0 Å². The summed E-state index contributed by atoms with van der Waals surface area (Å²) in [6.45, 7) is 3.33. The van der Waals surface area contributed by atoms with Gasteiger partial charge in [-0.15, -0.1) is 0 Å². The standard InChI is InChI=1S/C15H17F2NO4S/c1-9-7-12(10(2)22-9)14(19)5-6-18-23(20,21)15-4-3-11(16)8-13(15)17/h3-4,7-8,14,18-19H,5-6H2,1-2H3. The van der Waals surface area contributed by atoms with Crippen LogP contribution in [0.4, 0.5) is 8.78 Å². The number of sulfonamides is 1. The Morgan fingerprint density at radius 1 is 1.26 bits per heavy atom. The third kappa shape index (κ3) is 4.15. The fraction of sp³-hybridized carbons (Fsp3) is 0.333. The van der Waals surface area contributed by atoms with Gasteiger partial charge in [-0.05, 0) is 38.5 Å². The Balaban J connectivity index is 2.01. The molecule has 0 aliphatic rings. The number of rotatable bonds is 6. The van der Waals surface area contributed by atoms with Gasteiger partial charge in [0.1, 0.15) is 28.1 Å². The van der Waals surface area contributed by atoms with Crippen LogP contribution < -0.4 is 4.72 Å². The number of hydrogen-bond donors (Lipinski definition) is 2. The van der Waals surface area contributed by atoms with Gasteiger partial charge < -0.3 is 9.52 Å². The van der Waals surface area contributed by atoms with Crippen molar-refractivity contribution >= 4 is 10.0 Å². The molecule has 0 aliphatic carbocycles. The summed E-state index contributed by atoms with van der Waals surface area (Å²) < 4.78 is 57.8. The third-order valence-corrected chi connectivity index (χ3v) is 4.83. The van der Waals surface area contributed by atoms with Crippen molar-refractivity contribution < 1.29 is 26.7 Å². The molecule has 23 heavy (non-hydrogen) atoms. The first-order valence-electron chi connectivity index (χ1n) is 6.90. The summed E-state index contributed by atoms with van der Waals surface area (Å²) in [6, 6.07) is 3.90. The van der Waals surface area contributed by atoms with Crippen LogP contribution in [0.25, 0.3) is 0 Å². The number of aryl methyl sites for hydroxylation is 2. The van der Waals surface area contributed by atoms with E-state index < -0.39 is 32.7 Å². The molecule has 0 aliphatic heterocycles. The van der Waals surface area contributed by atoms with Crippen LogP contribution in [-0.4, -0.2) is 20.1 Å². The van der Waals surface area contributed by atoms with Gasteiger partial charge >= 0.3 is 0 Å². The number of furan rings is 1. The molecule has 0 bridgehead atoms. The molecule has 0 fully saturated rings. The summed E-state index contributed by atoms with van der Waals surface area (Å²) in [4.78, 5) is -0.635. The van der Waals surface area contributed by atoms with Gasteiger partial charge in [-0.2, -0.15) is 0 Å². The summed E-state index contributed by atoms with van der Waals surface area (Å²) in [5.41, 5.74) is 0.578. The van der Waals surface area contributed by atoms with Gasteiger partial charge in [-0.25, -0.2) is 21.9 Å². The van der Waals surface area contributed by atoms with E-state index in [0.29, 0.717) is 23.2 Å². The van der Waals surface area contributed by atoms with Crippen LogP contribution in [0.1, 0.15) is 29.6 Å². The molecule has 8 heteroatoms. The van der Waals surface area contributed by atoms with Crippen LogP contribution in [0, 0.1) is 25.5 Å². The molecule has 2 aromatic rings. The summed E-state index contributed by atoms with van der Waals surface area (Å²) in [5.74, 6) is -0.824. The number of benzene rings is 1. The van der Waals surface area contributed by atoms with Gasteiger partial charge in [0, 0.05) is 18.2 Å². The van der Waals surface area contributed by atoms with E-state index in [1.54, 1.807) is 19.9 Å². The van der Waals surface area contributed by atoms with Crippen molar-refractivity contribution in [1.29, 1.82) is 0 Å². The van der Waals surface area contributed by atoms with Crippen molar-refractivity contribution in [3.05, 3.63) is 53.0 Å². The second-order valence-corrected chi connectivity index (χ2v) is 6.88. The smallest absolute Gasteiger partial charge is 0.243 e. The highest BCUT2D eigenvalue weighted by atomic mass is 32.2. The fourth-order valence-corrected chi connectivity index (χ4v) is 3.34. The average Bonchev–Trinajstić information content (AvgIpc) is 2.77. The summed E-state index contributed by atoms with van der Waals surface area (Å²) in [7, 11) is -4.12. The second kappa shape index (κ2) is 6.77. The summed E-state index contributed by atoms with van der Waals surface area (Å²) in [6.07, 6.45) is -0.824. The lowest BCUT2D eigenvalue weighted by Gasteiger charge is -2.11. The highest BCUT2D eigenvalue weighted by Gasteiger charge is 2.20. The second-order valence-electron chi connectivity index (χ2n) is 5.15. The number of hydrogen-bond acceptors (Lipinski definition) is 4. The molecule has 1 atom stereocenters. The van der Waals surface area contributed by atoms with E-state index in [4.69, 9.17) is 4.42 Å². The van der Waals surface area contributed by atoms with Gasteiger partial charge in [-0.3, -0.25) is 0 Å². The van der Waals surface area contributed by atoms with Crippen molar-refractivity contribution in [3.63, 3.8) is 0 Å². The van der Waals surface area contributed by atoms with E-state index in [9.17, 15) is 22.3 Å². The largest absolute Gasteiger partial charge is 0.466 e. The molecule has 1 heterocycles. The topological polar surface area (TPSA) is 79.5 Å². The zero-order valence-electron chi connectivity index (χ0n) is 12.6. The van der Waals surface area contributed by atoms with Crippen molar-refractivity contribution in [1.82, 2.24) is 4.72 Å². The number of aliphatic hydroxyl groups is 1. The molecule has 1 aromatic carbocycles. The predicted molar refractivity (Wildman–Crippen MR) is 79.3 cm³/mol. The normalized spacial score (nSPS) is 13.3. The van der Waals surface area contributed by atoms with Crippen molar-refractivity contribution in [3.8, 4) is 0 Å². The van der Waals surface area contributed by atoms with Crippen molar-refractivity contribution in [2.75, 3.05) is 6.54 Å². The first-order chi connectivity index (χ1) is 10.7. The molecule has 0 saturated heterocycles. The van der Waals surface area contributed by atoms with Gasteiger partial charge in [0.25, 0.3) is 0 Å². The maximum absolute atomic E-state index is 13.5. The molecule has 126 valence electrons. The Hall–Kier alpha value is -1.77. The SMILES string of the molecule is Cc1cc(C(O)CCNS(=O)(=O)c2ccc(F)cc2F)c(C)o1. The highest BCUT2D eigenvalue weighted by molar-refractivity contribution is 7.89. The molecule has 0 saturated carbocycles. The minimum Gasteiger partial charge on any atom is -0.466 e. The fourth-order valence-electron chi connectivity index (χ4n) is 2.24. The summed E-state index contributed by atoms with van der Waals surface area (Å²) in [5, 5.41) is 10.1. The molecule has 5 nitrogen and oxygen atoms in total. The van der Waals surface area contributed by atoms with Gasteiger partial charge in [0.2, 0.25) is 10.0 Å². The number of aliphatic hydroxyl groups excluding tert-OH is 1. The molecule has 2 N–H and O–H groups in total. The number of halogens is 2. The van der Waals surface area contributed by atoms with E-state index in [2.05, 4.69) is 4.72 Å². The summed E-state index contributed by atoms with van der Waals surface area (Å²) >= 11 is 0. The molecule has 0 radical (unpaired) electrons. The van der Waals surface area contributed by atoms with E-state index in [-0.39, 0.29) is 13.0 Å². The lowest BCUT2D eigenvalue weighted by atomic mass is 10.1. The maximum Gasteiger partial charge on any atom is 0.243 e. The van der Waals surface area contributed by atoms with E-state index in [1.807, 2.05) is 0 Å². The monoisotopic (exact) mass is 345 g/mol. The maximum atomic E-state index is 13.5. The molecule has 2 rings (SSSR count). The van der Waals surface area contributed by atoms with Crippen molar-refractivity contribution in [2.45, 2.75) is 31.3 Å². The minimum absolute atomic E-state index is 0.0852. The quantitative estimate of drug-likeness (QED) is 0.843. The lowest BCUT2D eigenvalue weighted by Crippen LogP contribution is -2.26. The van der Waals surface area contributed by atoms with Gasteiger partial charge in [0.15, 0.2) is 0 Å². The van der Waals surface area contributed by atoms with E-state index >= 15 is 0 Å². The first kappa shape index (κ1) is 17.6. The highest BCUT2D eigenvalue weighted by Crippen LogP contribution is 2.24. The van der Waals surface area contributed by atoms with Gasteiger partial charge in [-0.1, -0.05) is 0 Å². The Bertz CT molecular complexity index is 802. The first-order valence-corrected chi connectivity index (χ1v) is 8.39. The third-order valence-electron chi connectivity index (χ3n) is 3.33. The van der Waals surface area contributed by atoms with Crippen LogP contribution in [0.15, 0.2) is 33.6 Å². The molecule has 0 spiro atoms. The molecular weight excluding hydrogens is 328 g/mol. The van der Waals surface area contributed by atoms with Crippen molar-refractivity contribution in [2.24, 2.45) is 0 Å². The molecule has 1 unspecified atom stereocenters. The molecule has 1 aromatic heterocycles. The van der Waals surface area contributed by atoms with Crippen LogP contribution in [0.2, 0.25) is 0 Å². The zero-order chi connectivity index (χ0) is 17.2. The molecular formula is C15H17F2NO4S. The van der Waals surface area contributed by atoms with Crippen LogP contribution in [-0.2, 0) is 10.0 Å².